The third kappa shape index (κ3) is 4.65. The maximum Gasteiger partial charge on any atom is 0.291 e. The zero-order valence-corrected chi connectivity index (χ0v) is 17.7. The first-order chi connectivity index (χ1) is 15.1. The first-order valence-electron chi connectivity index (χ1n) is 10.1. The first-order valence-corrected chi connectivity index (χ1v) is 10.5. The van der Waals surface area contributed by atoms with Gasteiger partial charge in [0.1, 0.15) is 0 Å². The Morgan fingerprint density at radius 1 is 1.00 bits per heavy atom. The molecule has 0 spiro atoms. The van der Waals surface area contributed by atoms with Crippen LogP contribution < -0.4 is 10.6 Å². The number of furan rings is 1. The first kappa shape index (κ1) is 21.2. The third-order valence-electron chi connectivity index (χ3n) is 5.55. The molecule has 1 fully saturated rings. The Kier molecular flexibility index (Phi) is 6.39. The summed E-state index contributed by atoms with van der Waals surface area (Å²) < 4.78 is 10.6. The van der Waals surface area contributed by atoms with Gasteiger partial charge >= 0.3 is 0 Å². The SMILES string of the molecule is O=C(Nc1cccc(CNC(=O)C2(c3ccccc3Cl)CCOCC2)c1)c1ccco1. The standard InChI is InChI=1S/C24H23ClN2O4/c25-20-8-2-1-7-19(20)24(10-13-30-14-11-24)23(29)26-16-17-5-3-6-18(15-17)27-22(28)21-9-4-12-31-21/h1-9,12,15H,10-11,13-14,16H2,(H,26,29)(H,27,28). The Morgan fingerprint density at radius 3 is 2.55 bits per heavy atom. The van der Waals surface area contributed by atoms with E-state index in [1.165, 1.54) is 6.26 Å². The number of anilines is 1. The Morgan fingerprint density at radius 2 is 1.81 bits per heavy atom. The van der Waals surface area contributed by atoms with Gasteiger partial charge in [0.2, 0.25) is 5.91 Å². The highest BCUT2D eigenvalue weighted by Gasteiger charge is 2.42. The van der Waals surface area contributed by atoms with Crippen LogP contribution in [0.5, 0.6) is 0 Å². The van der Waals surface area contributed by atoms with Gasteiger partial charge in [-0.1, -0.05) is 41.9 Å². The second-order valence-corrected chi connectivity index (χ2v) is 7.90. The summed E-state index contributed by atoms with van der Waals surface area (Å²) in [6, 6.07) is 18.1. The molecule has 0 radical (unpaired) electrons. The largest absolute Gasteiger partial charge is 0.459 e. The molecule has 4 rings (SSSR count). The lowest BCUT2D eigenvalue weighted by Gasteiger charge is -2.36. The summed E-state index contributed by atoms with van der Waals surface area (Å²) in [5.74, 6) is -0.167. The average Bonchev–Trinajstić information content (AvgIpc) is 3.34. The van der Waals surface area contributed by atoms with E-state index in [1.807, 2.05) is 42.5 Å². The molecule has 0 bridgehead atoms. The minimum atomic E-state index is -0.721. The van der Waals surface area contributed by atoms with E-state index in [0.29, 0.717) is 43.3 Å². The molecule has 2 N–H and O–H groups in total. The number of carbonyl (C=O) groups excluding carboxylic acids is 2. The van der Waals surface area contributed by atoms with Gasteiger partial charge in [0.05, 0.1) is 11.7 Å². The summed E-state index contributed by atoms with van der Waals surface area (Å²) in [6.45, 7) is 1.34. The van der Waals surface area contributed by atoms with Crippen molar-refractivity contribution in [3.05, 3.63) is 88.8 Å². The molecule has 1 aliphatic rings. The zero-order chi connectivity index (χ0) is 21.7. The molecule has 0 atom stereocenters. The lowest BCUT2D eigenvalue weighted by molar-refractivity contribution is -0.130. The van der Waals surface area contributed by atoms with Crippen LogP contribution in [0.3, 0.4) is 0 Å². The van der Waals surface area contributed by atoms with Crippen molar-refractivity contribution in [1.82, 2.24) is 5.32 Å². The van der Waals surface area contributed by atoms with Gasteiger partial charge in [0, 0.05) is 30.5 Å². The Balaban J connectivity index is 1.47. The van der Waals surface area contributed by atoms with E-state index in [9.17, 15) is 9.59 Å². The number of halogens is 1. The highest BCUT2D eigenvalue weighted by Crippen LogP contribution is 2.39. The van der Waals surface area contributed by atoms with Gasteiger partial charge in [-0.05, 0) is 54.3 Å². The minimum Gasteiger partial charge on any atom is -0.459 e. The highest BCUT2D eigenvalue weighted by atomic mass is 35.5. The van der Waals surface area contributed by atoms with Crippen LogP contribution in [0.25, 0.3) is 0 Å². The van der Waals surface area contributed by atoms with Gasteiger partial charge in [0.15, 0.2) is 5.76 Å². The van der Waals surface area contributed by atoms with Crippen molar-refractivity contribution < 1.29 is 18.7 Å². The van der Waals surface area contributed by atoms with Crippen LogP contribution in [0.2, 0.25) is 5.02 Å². The Labute approximate surface area is 185 Å². The van der Waals surface area contributed by atoms with Gasteiger partial charge in [-0.15, -0.1) is 0 Å². The van der Waals surface area contributed by atoms with Crippen LogP contribution in [0.4, 0.5) is 5.69 Å². The van der Waals surface area contributed by atoms with Crippen LogP contribution in [0.1, 0.15) is 34.5 Å². The molecule has 6 nitrogen and oxygen atoms in total. The zero-order valence-electron chi connectivity index (χ0n) is 16.9. The van der Waals surface area contributed by atoms with Crippen LogP contribution in [0, 0.1) is 0 Å². The number of nitrogens with one attached hydrogen (secondary N) is 2. The van der Waals surface area contributed by atoms with Crippen molar-refractivity contribution in [1.29, 1.82) is 0 Å². The molecule has 2 amide bonds. The van der Waals surface area contributed by atoms with Crippen molar-refractivity contribution in [2.45, 2.75) is 24.8 Å². The van der Waals surface area contributed by atoms with Gasteiger partial charge < -0.3 is 19.8 Å². The number of hydrogen-bond acceptors (Lipinski definition) is 4. The molecule has 1 aromatic heterocycles. The minimum absolute atomic E-state index is 0.0751. The van der Waals surface area contributed by atoms with Crippen molar-refractivity contribution in [2.75, 3.05) is 18.5 Å². The monoisotopic (exact) mass is 438 g/mol. The van der Waals surface area contributed by atoms with Crippen molar-refractivity contribution in [3.8, 4) is 0 Å². The predicted octanol–water partition coefficient (Wildman–Crippen LogP) is 4.55. The molecule has 1 saturated heterocycles. The van der Waals surface area contributed by atoms with E-state index in [-0.39, 0.29) is 17.6 Å². The summed E-state index contributed by atoms with van der Waals surface area (Å²) in [6.07, 6.45) is 2.59. The number of rotatable bonds is 6. The summed E-state index contributed by atoms with van der Waals surface area (Å²) in [7, 11) is 0. The van der Waals surface area contributed by atoms with E-state index < -0.39 is 5.41 Å². The summed E-state index contributed by atoms with van der Waals surface area (Å²) in [4.78, 5) is 25.5. The van der Waals surface area contributed by atoms with E-state index >= 15 is 0 Å². The Hall–Kier alpha value is -3.09. The molecular weight excluding hydrogens is 416 g/mol. The van der Waals surface area contributed by atoms with E-state index in [4.69, 9.17) is 20.8 Å². The smallest absolute Gasteiger partial charge is 0.291 e. The molecular formula is C24H23ClN2O4. The predicted molar refractivity (Wildman–Crippen MR) is 118 cm³/mol. The average molecular weight is 439 g/mol. The van der Waals surface area contributed by atoms with Crippen molar-refractivity contribution >= 4 is 29.1 Å². The van der Waals surface area contributed by atoms with Crippen LogP contribution in [0.15, 0.2) is 71.3 Å². The lowest BCUT2D eigenvalue weighted by Crippen LogP contribution is -2.48. The quantitative estimate of drug-likeness (QED) is 0.591. The highest BCUT2D eigenvalue weighted by molar-refractivity contribution is 6.31. The molecule has 3 aromatic rings. The second kappa shape index (κ2) is 9.37. The van der Waals surface area contributed by atoms with Gasteiger partial charge in [0.25, 0.3) is 5.91 Å². The molecule has 160 valence electrons. The maximum absolute atomic E-state index is 13.4. The summed E-state index contributed by atoms with van der Waals surface area (Å²) in [5.41, 5.74) is 1.60. The van der Waals surface area contributed by atoms with E-state index in [2.05, 4.69) is 10.6 Å². The van der Waals surface area contributed by atoms with E-state index in [0.717, 1.165) is 11.1 Å². The van der Waals surface area contributed by atoms with Crippen LogP contribution in [-0.2, 0) is 21.5 Å². The molecule has 0 saturated carbocycles. The number of carbonyl (C=O) groups is 2. The fraction of sp³-hybridized carbons (Fsp3) is 0.250. The fourth-order valence-corrected chi connectivity index (χ4v) is 4.22. The summed E-state index contributed by atoms with van der Waals surface area (Å²) >= 11 is 6.45. The molecule has 1 aliphatic heterocycles. The maximum atomic E-state index is 13.4. The van der Waals surface area contributed by atoms with Crippen LogP contribution >= 0.6 is 11.6 Å². The van der Waals surface area contributed by atoms with Gasteiger partial charge in [-0.3, -0.25) is 9.59 Å². The number of hydrogen-bond donors (Lipinski definition) is 2. The number of benzene rings is 2. The van der Waals surface area contributed by atoms with Gasteiger partial charge in [-0.25, -0.2) is 0 Å². The lowest BCUT2D eigenvalue weighted by atomic mass is 9.73. The molecule has 7 heteroatoms. The normalized spacial score (nSPS) is 15.3. The molecule has 2 heterocycles. The molecule has 2 aromatic carbocycles. The van der Waals surface area contributed by atoms with Crippen molar-refractivity contribution in [2.24, 2.45) is 0 Å². The van der Waals surface area contributed by atoms with Crippen LogP contribution in [-0.4, -0.2) is 25.0 Å². The van der Waals surface area contributed by atoms with Gasteiger partial charge in [-0.2, -0.15) is 0 Å². The topological polar surface area (TPSA) is 80.6 Å². The second-order valence-electron chi connectivity index (χ2n) is 7.49. The summed E-state index contributed by atoms with van der Waals surface area (Å²) in [5, 5.41) is 6.44. The molecule has 31 heavy (non-hydrogen) atoms. The number of ether oxygens (including phenoxy) is 1. The van der Waals surface area contributed by atoms with E-state index in [1.54, 1.807) is 18.2 Å². The molecule has 0 unspecified atom stereocenters. The number of amides is 2. The fourth-order valence-electron chi connectivity index (χ4n) is 3.90. The Bertz CT molecular complexity index is 1060. The molecule has 0 aliphatic carbocycles. The van der Waals surface area contributed by atoms with Crippen molar-refractivity contribution in [3.63, 3.8) is 0 Å². The third-order valence-corrected chi connectivity index (χ3v) is 5.88.